The largest absolute Gasteiger partial charge is 0.495 e. The van der Waals surface area contributed by atoms with E-state index in [4.69, 9.17) is 4.74 Å². The lowest BCUT2D eigenvalue weighted by molar-refractivity contribution is -0.120. The Labute approximate surface area is 197 Å². The Morgan fingerprint density at radius 1 is 1.13 bits per heavy atom. The van der Waals surface area contributed by atoms with E-state index in [9.17, 15) is 4.79 Å². The zero-order valence-corrected chi connectivity index (χ0v) is 20.6. The van der Waals surface area contributed by atoms with Crippen LogP contribution in [0.1, 0.15) is 39.0 Å². The number of hydrogen-bond donors (Lipinski definition) is 2. The third-order valence-electron chi connectivity index (χ3n) is 5.68. The normalized spacial score (nSPS) is 17.9. The number of methoxy groups -OCH3 is 1. The highest BCUT2D eigenvalue weighted by Gasteiger charge is 2.22. The number of carbonyl (C=O) groups excluding carboxylic acids is 1. The van der Waals surface area contributed by atoms with Crippen LogP contribution < -0.4 is 20.3 Å². The van der Waals surface area contributed by atoms with E-state index >= 15 is 0 Å². The Balaban J connectivity index is 0.00000320. The van der Waals surface area contributed by atoms with Gasteiger partial charge < -0.3 is 25.2 Å². The molecule has 2 N–H and O–H groups in total. The molecule has 2 aliphatic rings. The van der Waals surface area contributed by atoms with E-state index in [-0.39, 0.29) is 36.4 Å². The van der Waals surface area contributed by atoms with Gasteiger partial charge in [0.2, 0.25) is 5.91 Å². The van der Waals surface area contributed by atoms with Crippen molar-refractivity contribution >= 4 is 41.5 Å². The second-order valence-corrected chi connectivity index (χ2v) is 7.72. The van der Waals surface area contributed by atoms with Gasteiger partial charge in [-0.05, 0) is 31.9 Å². The molecule has 0 spiro atoms. The Morgan fingerprint density at radius 3 is 2.50 bits per heavy atom. The summed E-state index contributed by atoms with van der Waals surface area (Å²) in [6.07, 6.45) is 5.91. The highest BCUT2D eigenvalue weighted by Crippen LogP contribution is 2.28. The van der Waals surface area contributed by atoms with Gasteiger partial charge in [0.05, 0.1) is 12.8 Å². The first-order valence-corrected chi connectivity index (χ1v) is 10.9. The van der Waals surface area contributed by atoms with E-state index in [1.807, 2.05) is 18.2 Å². The first-order valence-electron chi connectivity index (χ1n) is 10.9. The van der Waals surface area contributed by atoms with Crippen LogP contribution in [-0.4, -0.2) is 69.2 Å². The molecule has 0 aromatic heterocycles. The zero-order chi connectivity index (χ0) is 20.5. The van der Waals surface area contributed by atoms with Crippen molar-refractivity contribution in [2.24, 2.45) is 4.99 Å². The van der Waals surface area contributed by atoms with Gasteiger partial charge >= 0.3 is 0 Å². The fourth-order valence-electron chi connectivity index (χ4n) is 4.14. The number of amides is 1. The van der Waals surface area contributed by atoms with Crippen LogP contribution in [0, 0.1) is 0 Å². The lowest BCUT2D eigenvalue weighted by Crippen LogP contribution is -2.53. The van der Waals surface area contributed by atoms with Crippen LogP contribution in [0.4, 0.5) is 5.69 Å². The quantitative estimate of drug-likeness (QED) is 0.337. The summed E-state index contributed by atoms with van der Waals surface area (Å²) in [6, 6.07) is 8.47. The molecule has 0 radical (unpaired) electrons. The molecule has 1 heterocycles. The number of anilines is 1. The van der Waals surface area contributed by atoms with Crippen LogP contribution in [0.5, 0.6) is 5.75 Å². The molecule has 1 aromatic rings. The summed E-state index contributed by atoms with van der Waals surface area (Å²) in [5.74, 6) is 1.76. The minimum atomic E-state index is 0. The summed E-state index contributed by atoms with van der Waals surface area (Å²) in [4.78, 5) is 21.5. The molecule has 2 fully saturated rings. The first-order chi connectivity index (χ1) is 14.2. The molecule has 1 aromatic carbocycles. The van der Waals surface area contributed by atoms with Gasteiger partial charge in [0.15, 0.2) is 5.96 Å². The van der Waals surface area contributed by atoms with Crippen molar-refractivity contribution in [1.82, 2.24) is 15.5 Å². The van der Waals surface area contributed by atoms with Crippen molar-refractivity contribution in [2.45, 2.75) is 45.1 Å². The molecule has 168 valence electrons. The third kappa shape index (κ3) is 6.92. The van der Waals surface area contributed by atoms with E-state index in [0.29, 0.717) is 6.04 Å². The molecule has 3 rings (SSSR count). The van der Waals surface area contributed by atoms with E-state index in [1.54, 1.807) is 7.11 Å². The number of hydrogen-bond acceptors (Lipinski definition) is 4. The number of guanidine groups is 1. The summed E-state index contributed by atoms with van der Waals surface area (Å²) in [7, 11) is 1.71. The Bertz CT molecular complexity index is 686. The summed E-state index contributed by atoms with van der Waals surface area (Å²) < 4.78 is 5.50. The average molecular weight is 529 g/mol. The van der Waals surface area contributed by atoms with Gasteiger partial charge in [-0.25, -0.2) is 4.99 Å². The minimum absolute atomic E-state index is 0. The number of nitrogens with zero attached hydrogens (tertiary/aromatic N) is 3. The molecule has 0 unspecified atom stereocenters. The average Bonchev–Trinajstić information content (AvgIpc) is 2.77. The van der Waals surface area contributed by atoms with E-state index < -0.39 is 0 Å². The lowest BCUT2D eigenvalue weighted by atomic mass is 9.95. The molecule has 1 aliphatic heterocycles. The predicted octanol–water partition coefficient (Wildman–Crippen LogP) is 2.85. The van der Waals surface area contributed by atoms with Crippen molar-refractivity contribution in [3.63, 3.8) is 0 Å². The van der Waals surface area contributed by atoms with Crippen LogP contribution >= 0.6 is 24.0 Å². The van der Waals surface area contributed by atoms with Gasteiger partial charge in [-0.3, -0.25) is 4.79 Å². The van der Waals surface area contributed by atoms with Crippen LogP contribution in [0.25, 0.3) is 0 Å². The van der Waals surface area contributed by atoms with Crippen molar-refractivity contribution in [3.8, 4) is 5.75 Å². The van der Waals surface area contributed by atoms with Crippen molar-refractivity contribution in [2.75, 3.05) is 51.3 Å². The maximum Gasteiger partial charge on any atom is 0.242 e. The summed E-state index contributed by atoms with van der Waals surface area (Å²) in [5, 5.41) is 6.49. The molecule has 1 amide bonds. The van der Waals surface area contributed by atoms with Gasteiger partial charge in [-0.1, -0.05) is 31.4 Å². The Morgan fingerprint density at radius 2 is 1.83 bits per heavy atom. The van der Waals surface area contributed by atoms with Crippen molar-refractivity contribution < 1.29 is 9.53 Å². The molecular weight excluding hydrogens is 493 g/mol. The van der Waals surface area contributed by atoms with Crippen LogP contribution in [0.2, 0.25) is 0 Å². The van der Waals surface area contributed by atoms with E-state index in [0.717, 1.165) is 63.0 Å². The standard InChI is InChI=1S/C22H35N5O2.HI/c1-3-23-22(24-17-21(28)25-18-9-5-4-6-10-18)27-15-13-26(14-16-27)19-11-7-8-12-20(19)29-2;/h7-8,11-12,18H,3-6,9-10,13-17H2,1-2H3,(H,23,24)(H,25,28);1H. The number of para-hydroxylation sites is 2. The fourth-order valence-corrected chi connectivity index (χ4v) is 4.14. The number of aliphatic imine (C=N–C) groups is 1. The van der Waals surface area contributed by atoms with Crippen LogP contribution in [0.15, 0.2) is 29.3 Å². The maximum atomic E-state index is 12.3. The number of halogens is 1. The topological polar surface area (TPSA) is 69.2 Å². The lowest BCUT2D eigenvalue weighted by Gasteiger charge is -2.38. The Hall–Kier alpha value is -1.71. The monoisotopic (exact) mass is 529 g/mol. The summed E-state index contributed by atoms with van der Waals surface area (Å²) in [5.41, 5.74) is 1.13. The van der Waals surface area contributed by atoms with Crippen LogP contribution in [-0.2, 0) is 4.79 Å². The van der Waals surface area contributed by atoms with Gasteiger partial charge in [0.25, 0.3) is 0 Å². The van der Waals surface area contributed by atoms with Gasteiger partial charge in [0, 0.05) is 38.8 Å². The molecule has 1 saturated carbocycles. The third-order valence-corrected chi connectivity index (χ3v) is 5.68. The minimum Gasteiger partial charge on any atom is -0.495 e. The maximum absolute atomic E-state index is 12.3. The smallest absolute Gasteiger partial charge is 0.242 e. The van der Waals surface area contributed by atoms with Gasteiger partial charge in [-0.15, -0.1) is 24.0 Å². The Kier molecular flexibility index (Phi) is 10.5. The van der Waals surface area contributed by atoms with Gasteiger partial charge in [-0.2, -0.15) is 0 Å². The van der Waals surface area contributed by atoms with Gasteiger partial charge in [0.1, 0.15) is 12.3 Å². The molecule has 8 heteroatoms. The number of piperazine rings is 1. The number of carbonyl (C=O) groups is 1. The number of rotatable bonds is 6. The molecule has 0 atom stereocenters. The summed E-state index contributed by atoms with van der Waals surface area (Å²) >= 11 is 0. The molecule has 1 saturated heterocycles. The predicted molar refractivity (Wildman–Crippen MR) is 133 cm³/mol. The second kappa shape index (κ2) is 12.9. The summed E-state index contributed by atoms with van der Waals surface area (Å²) in [6.45, 7) is 6.52. The first kappa shape index (κ1) is 24.6. The molecule has 30 heavy (non-hydrogen) atoms. The number of benzene rings is 1. The SMILES string of the molecule is CCNC(=NCC(=O)NC1CCCCC1)N1CCN(c2ccccc2OC)CC1.I. The number of nitrogens with one attached hydrogen (secondary N) is 2. The molecule has 0 bridgehead atoms. The highest BCUT2D eigenvalue weighted by atomic mass is 127. The van der Waals surface area contributed by atoms with Crippen LogP contribution in [0.3, 0.4) is 0 Å². The number of ether oxygens (including phenoxy) is 1. The van der Waals surface area contributed by atoms with E-state index in [1.165, 1.54) is 19.3 Å². The molecular formula is C22H36IN5O2. The molecule has 7 nitrogen and oxygen atoms in total. The second-order valence-electron chi connectivity index (χ2n) is 7.72. The van der Waals surface area contributed by atoms with Crippen molar-refractivity contribution in [3.05, 3.63) is 24.3 Å². The zero-order valence-electron chi connectivity index (χ0n) is 18.2. The van der Waals surface area contributed by atoms with E-state index in [2.05, 4.69) is 38.4 Å². The van der Waals surface area contributed by atoms with Crippen molar-refractivity contribution in [1.29, 1.82) is 0 Å². The fraction of sp³-hybridized carbons (Fsp3) is 0.636. The highest BCUT2D eigenvalue weighted by molar-refractivity contribution is 14.0. The molecule has 1 aliphatic carbocycles.